The van der Waals surface area contributed by atoms with E-state index in [1.165, 1.54) is 6.20 Å². The number of nitrogens with one attached hydrogen (secondary N) is 1. The first-order valence-corrected chi connectivity index (χ1v) is 9.80. The lowest BCUT2D eigenvalue weighted by Crippen LogP contribution is -2.43. The lowest BCUT2D eigenvalue weighted by atomic mass is 10.0. The van der Waals surface area contributed by atoms with Crippen LogP contribution in [-0.4, -0.2) is 28.7 Å². The van der Waals surface area contributed by atoms with Gasteiger partial charge in [0.05, 0.1) is 24.0 Å². The van der Waals surface area contributed by atoms with Gasteiger partial charge in [-0.05, 0) is 48.7 Å². The first-order chi connectivity index (χ1) is 14.1. The summed E-state index contributed by atoms with van der Waals surface area (Å²) in [6, 6.07) is 13.2. The Labute approximate surface area is 178 Å². The second-order valence-electron chi connectivity index (χ2n) is 6.70. The van der Waals surface area contributed by atoms with Gasteiger partial charge in [0, 0.05) is 10.0 Å². The number of ether oxygens (including phenoxy) is 1. The van der Waals surface area contributed by atoms with Crippen LogP contribution in [0.5, 0.6) is 11.5 Å². The molecule has 0 aliphatic carbocycles. The maximum absolute atomic E-state index is 6.38. The number of aryl methyl sites for hydroxylation is 1. The van der Waals surface area contributed by atoms with Gasteiger partial charge in [-0.3, -0.25) is 0 Å². The zero-order valence-electron chi connectivity index (χ0n) is 15.6. The number of benzene rings is 2. The molecule has 29 heavy (non-hydrogen) atoms. The van der Waals surface area contributed by atoms with E-state index in [1.54, 1.807) is 18.3 Å². The van der Waals surface area contributed by atoms with Crippen LogP contribution >= 0.6 is 23.2 Å². The Morgan fingerprint density at radius 2 is 2.00 bits per heavy atom. The number of rotatable bonds is 5. The Kier molecular flexibility index (Phi) is 5.83. The standard InChI is InChI=1S/C21H18Cl2N4O2/c1-13-5-6-14(19(23)7-13)8-16-12-28-27-21(26-16)18-10-24-25-11-20(18)29-17-4-2-3-15(22)9-17/h2-7,9-11,16H,8,12H2,1H3,(H,26,27)/t16-/m1/s1. The highest BCUT2D eigenvalue weighted by Gasteiger charge is 2.23. The van der Waals surface area contributed by atoms with E-state index in [4.69, 9.17) is 32.8 Å². The van der Waals surface area contributed by atoms with E-state index in [1.807, 2.05) is 37.3 Å². The summed E-state index contributed by atoms with van der Waals surface area (Å²) >= 11 is 12.4. The van der Waals surface area contributed by atoms with Crippen molar-refractivity contribution in [3.8, 4) is 11.5 Å². The zero-order valence-corrected chi connectivity index (χ0v) is 17.1. The second-order valence-corrected chi connectivity index (χ2v) is 7.55. The Morgan fingerprint density at radius 3 is 2.83 bits per heavy atom. The van der Waals surface area contributed by atoms with E-state index in [-0.39, 0.29) is 6.04 Å². The highest BCUT2D eigenvalue weighted by molar-refractivity contribution is 6.31. The quantitative estimate of drug-likeness (QED) is 0.633. The number of oxime groups is 1. The van der Waals surface area contributed by atoms with Gasteiger partial charge in [0.15, 0.2) is 11.6 Å². The van der Waals surface area contributed by atoms with Crippen molar-refractivity contribution in [2.75, 3.05) is 6.61 Å². The average molecular weight is 429 g/mol. The fourth-order valence-electron chi connectivity index (χ4n) is 3.00. The minimum absolute atomic E-state index is 0.00473. The molecular formula is C21H18Cl2N4O2. The van der Waals surface area contributed by atoms with E-state index < -0.39 is 0 Å². The van der Waals surface area contributed by atoms with Gasteiger partial charge in [0.2, 0.25) is 0 Å². The molecular weight excluding hydrogens is 411 g/mol. The van der Waals surface area contributed by atoms with E-state index in [0.29, 0.717) is 40.9 Å². The molecule has 1 aromatic heterocycles. The summed E-state index contributed by atoms with van der Waals surface area (Å²) in [6.07, 6.45) is 3.80. The SMILES string of the molecule is Cc1ccc(C[C@@H]2CON=C(c3cnncc3Oc3cccc(Cl)c3)N2)c(Cl)c1. The fraction of sp³-hybridized carbons (Fsp3) is 0.190. The molecule has 0 saturated carbocycles. The van der Waals surface area contributed by atoms with Crippen LogP contribution in [0.1, 0.15) is 16.7 Å². The predicted octanol–water partition coefficient (Wildman–Crippen LogP) is 4.78. The molecule has 8 heteroatoms. The Balaban J connectivity index is 1.53. The van der Waals surface area contributed by atoms with Crippen LogP contribution < -0.4 is 10.1 Å². The van der Waals surface area contributed by atoms with Gasteiger partial charge in [-0.2, -0.15) is 10.2 Å². The van der Waals surface area contributed by atoms with Crippen LogP contribution in [0.15, 0.2) is 60.0 Å². The molecule has 1 atom stereocenters. The highest BCUT2D eigenvalue weighted by Crippen LogP contribution is 2.27. The fourth-order valence-corrected chi connectivity index (χ4v) is 3.49. The van der Waals surface area contributed by atoms with Gasteiger partial charge in [0.1, 0.15) is 12.4 Å². The van der Waals surface area contributed by atoms with Gasteiger partial charge < -0.3 is 14.9 Å². The van der Waals surface area contributed by atoms with Crippen molar-refractivity contribution in [1.82, 2.24) is 15.5 Å². The summed E-state index contributed by atoms with van der Waals surface area (Å²) < 4.78 is 5.94. The number of nitrogens with zero attached hydrogens (tertiary/aromatic N) is 3. The third-order valence-corrected chi connectivity index (χ3v) is 5.01. The summed E-state index contributed by atoms with van der Waals surface area (Å²) in [4.78, 5) is 5.47. The topological polar surface area (TPSA) is 68.6 Å². The van der Waals surface area contributed by atoms with E-state index in [0.717, 1.165) is 16.1 Å². The first-order valence-electron chi connectivity index (χ1n) is 9.04. The van der Waals surface area contributed by atoms with Gasteiger partial charge in [0.25, 0.3) is 0 Å². The molecule has 0 unspecified atom stereocenters. The van der Waals surface area contributed by atoms with Crippen molar-refractivity contribution in [2.45, 2.75) is 19.4 Å². The molecule has 1 aliphatic heterocycles. The molecule has 2 heterocycles. The molecule has 0 saturated heterocycles. The Hall–Kier alpha value is -2.83. The lowest BCUT2D eigenvalue weighted by Gasteiger charge is -2.25. The zero-order chi connectivity index (χ0) is 20.2. The predicted molar refractivity (Wildman–Crippen MR) is 113 cm³/mol. The molecule has 0 amide bonds. The number of hydrogen-bond donors (Lipinski definition) is 1. The van der Waals surface area contributed by atoms with Crippen LogP contribution in [0.4, 0.5) is 0 Å². The van der Waals surface area contributed by atoms with Crippen LogP contribution in [-0.2, 0) is 11.3 Å². The normalized spacial score (nSPS) is 15.8. The lowest BCUT2D eigenvalue weighted by molar-refractivity contribution is 0.109. The van der Waals surface area contributed by atoms with Crippen LogP contribution in [0.3, 0.4) is 0 Å². The largest absolute Gasteiger partial charge is 0.455 e. The van der Waals surface area contributed by atoms with Crippen LogP contribution in [0, 0.1) is 6.92 Å². The van der Waals surface area contributed by atoms with Gasteiger partial charge in [-0.1, -0.05) is 46.6 Å². The van der Waals surface area contributed by atoms with Crippen molar-refractivity contribution in [3.63, 3.8) is 0 Å². The van der Waals surface area contributed by atoms with E-state index >= 15 is 0 Å². The molecule has 1 N–H and O–H groups in total. The summed E-state index contributed by atoms with van der Waals surface area (Å²) in [5, 5.41) is 16.7. The molecule has 6 nitrogen and oxygen atoms in total. The maximum atomic E-state index is 6.38. The third kappa shape index (κ3) is 4.78. The Morgan fingerprint density at radius 1 is 1.14 bits per heavy atom. The van der Waals surface area contributed by atoms with Crippen molar-refractivity contribution in [3.05, 3.63) is 81.6 Å². The molecule has 2 aromatic carbocycles. The number of hydrogen-bond acceptors (Lipinski definition) is 6. The number of halogens is 2. The van der Waals surface area contributed by atoms with E-state index in [9.17, 15) is 0 Å². The molecule has 0 bridgehead atoms. The number of aromatic nitrogens is 2. The highest BCUT2D eigenvalue weighted by atomic mass is 35.5. The molecule has 0 spiro atoms. The van der Waals surface area contributed by atoms with Crippen molar-refractivity contribution >= 4 is 29.0 Å². The summed E-state index contributed by atoms with van der Waals surface area (Å²) in [5.41, 5.74) is 2.81. The minimum Gasteiger partial charge on any atom is -0.455 e. The van der Waals surface area contributed by atoms with E-state index in [2.05, 4.69) is 20.7 Å². The van der Waals surface area contributed by atoms with Gasteiger partial charge >= 0.3 is 0 Å². The average Bonchev–Trinajstić information content (AvgIpc) is 2.71. The molecule has 3 aromatic rings. The smallest absolute Gasteiger partial charge is 0.178 e. The van der Waals surface area contributed by atoms with Gasteiger partial charge in [-0.25, -0.2) is 0 Å². The second kappa shape index (κ2) is 8.68. The van der Waals surface area contributed by atoms with Crippen LogP contribution in [0.2, 0.25) is 10.0 Å². The molecule has 148 valence electrons. The van der Waals surface area contributed by atoms with Gasteiger partial charge in [-0.15, -0.1) is 0 Å². The van der Waals surface area contributed by atoms with Crippen molar-refractivity contribution in [2.24, 2.45) is 5.16 Å². The van der Waals surface area contributed by atoms with Crippen molar-refractivity contribution < 1.29 is 9.57 Å². The molecule has 0 radical (unpaired) electrons. The van der Waals surface area contributed by atoms with Crippen LogP contribution in [0.25, 0.3) is 0 Å². The third-order valence-electron chi connectivity index (χ3n) is 4.42. The minimum atomic E-state index is -0.00473. The molecule has 1 aliphatic rings. The summed E-state index contributed by atoms with van der Waals surface area (Å²) in [6.45, 7) is 2.44. The maximum Gasteiger partial charge on any atom is 0.178 e. The molecule has 4 rings (SSSR count). The first kappa shape index (κ1) is 19.5. The monoisotopic (exact) mass is 428 g/mol. The Bertz CT molecular complexity index is 1060. The summed E-state index contributed by atoms with van der Waals surface area (Å²) in [7, 11) is 0. The number of amidine groups is 1. The molecule has 0 fully saturated rings. The van der Waals surface area contributed by atoms with Crippen molar-refractivity contribution in [1.29, 1.82) is 0 Å². The summed E-state index contributed by atoms with van der Waals surface area (Å²) in [5.74, 6) is 1.61.